The number of ether oxygens (including phenoxy) is 1. The molecule has 0 unspecified atom stereocenters. The van der Waals surface area contributed by atoms with Crippen LogP contribution in [-0.4, -0.2) is 52.7 Å². The molecule has 0 aliphatic carbocycles. The van der Waals surface area contributed by atoms with Gasteiger partial charge in [0.1, 0.15) is 6.07 Å². The third kappa shape index (κ3) is 4.93. The molecule has 1 N–H and O–H groups in total. The predicted octanol–water partition coefficient (Wildman–Crippen LogP) is 3.40. The van der Waals surface area contributed by atoms with Crippen LogP contribution < -0.4 is 10.2 Å². The van der Waals surface area contributed by atoms with Crippen LogP contribution in [0.5, 0.6) is 0 Å². The Kier molecular flexibility index (Phi) is 7.04. The normalized spacial score (nSPS) is 13.6. The number of amides is 1. The first kappa shape index (κ1) is 21.9. The predicted molar refractivity (Wildman–Crippen MR) is 124 cm³/mol. The van der Waals surface area contributed by atoms with Crippen LogP contribution in [0, 0.1) is 18.3 Å². The average Bonchev–Trinajstić information content (AvgIpc) is 3.24. The monoisotopic (exact) mass is 448 g/mol. The maximum atomic E-state index is 12.4. The number of anilines is 2. The summed E-state index contributed by atoms with van der Waals surface area (Å²) < 4.78 is 7.55. The number of carbonyl (C=O) groups is 1. The molecule has 1 fully saturated rings. The van der Waals surface area contributed by atoms with Crippen LogP contribution in [-0.2, 0) is 9.53 Å². The second kappa shape index (κ2) is 10.3. The van der Waals surface area contributed by atoms with Gasteiger partial charge in [0.15, 0.2) is 5.16 Å². The number of para-hydroxylation sites is 2. The third-order valence-electron chi connectivity index (χ3n) is 5.15. The second-order valence-corrected chi connectivity index (χ2v) is 8.37. The highest BCUT2D eigenvalue weighted by Crippen LogP contribution is 2.29. The first-order valence-corrected chi connectivity index (χ1v) is 11.4. The van der Waals surface area contributed by atoms with Crippen LogP contribution in [0.4, 0.5) is 11.6 Å². The third-order valence-corrected chi connectivity index (χ3v) is 6.08. The van der Waals surface area contributed by atoms with Crippen molar-refractivity contribution in [1.29, 1.82) is 5.26 Å². The Balaban J connectivity index is 1.49. The molecule has 8 nitrogen and oxygen atoms in total. The van der Waals surface area contributed by atoms with E-state index in [0.29, 0.717) is 30.2 Å². The molecule has 0 saturated carbocycles. The molecule has 2 aromatic carbocycles. The molecule has 2 heterocycles. The summed E-state index contributed by atoms with van der Waals surface area (Å²) in [7, 11) is 0. The van der Waals surface area contributed by atoms with Crippen LogP contribution in [0.2, 0.25) is 0 Å². The molecule has 0 radical (unpaired) electrons. The molecule has 1 aliphatic heterocycles. The van der Waals surface area contributed by atoms with E-state index in [1.807, 2.05) is 12.1 Å². The molecule has 0 bridgehead atoms. The van der Waals surface area contributed by atoms with Gasteiger partial charge in [-0.2, -0.15) is 5.26 Å². The van der Waals surface area contributed by atoms with Crippen molar-refractivity contribution in [2.75, 3.05) is 42.3 Å². The lowest BCUT2D eigenvalue weighted by atomic mass is 10.2. The molecule has 4 rings (SSSR count). The average molecular weight is 449 g/mol. The molecule has 9 heteroatoms. The first-order chi connectivity index (χ1) is 15.7. The highest BCUT2D eigenvalue weighted by Gasteiger charge is 2.22. The van der Waals surface area contributed by atoms with Crippen LogP contribution in [0.3, 0.4) is 0 Å². The van der Waals surface area contributed by atoms with Gasteiger partial charge >= 0.3 is 0 Å². The van der Waals surface area contributed by atoms with Crippen molar-refractivity contribution >= 4 is 29.3 Å². The molecule has 1 saturated heterocycles. The number of nitrogens with zero attached hydrogens (tertiary/aromatic N) is 5. The Morgan fingerprint density at radius 2 is 1.91 bits per heavy atom. The smallest absolute Gasteiger partial charge is 0.232 e. The van der Waals surface area contributed by atoms with Gasteiger partial charge in [0.25, 0.3) is 0 Å². The van der Waals surface area contributed by atoms with Gasteiger partial charge in [-0.15, -0.1) is 10.2 Å². The van der Waals surface area contributed by atoms with E-state index in [-0.39, 0.29) is 12.3 Å². The summed E-state index contributed by atoms with van der Waals surface area (Å²) in [4.78, 5) is 14.6. The van der Waals surface area contributed by atoms with Gasteiger partial charge in [-0.1, -0.05) is 42.1 Å². The summed E-state index contributed by atoms with van der Waals surface area (Å²) >= 11 is 1.49. The van der Waals surface area contributed by atoms with E-state index in [4.69, 9.17) is 4.74 Å². The van der Waals surface area contributed by atoms with Crippen molar-refractivity contribution in [3.8, 4) is 11.8 Å². The summed E-state index contributed by atoms with van der Waals surface area (Å²) in [6, 6.07) is 17.2. The van der Waals surface area contributed by atoms with Gasteiger partial charge in [-0.3, -0.25) is 9.36 Å². The Hall–Kier alpha value is -3.35. The van der Waals surface area contributed by atoms with Crippen LogP contribution in [0.1, 0.15) is 17.5 Å². The lowest BCUT2D eigenvalue weighted by Crippen LogP contribution is -2.38. The van der Waals surface area contributed by atoms with E-state index in [1.54, 1.807) is 24.3 Å². The number of morpholine rings is 1. The quantitative estimate of drug-likeness (QED) is 0.553. The largest absolute Gasteiger partial charge is 0.378 e. The minimum Gasteiger partial charge on any atom is -0.378 e. The number of nitrogens with one attached hydrogen (secondary N) is 1. The van der Waals surface area contributed by atoms with E-state index in [9.17, 15) is 10.1 Å². The molecule has 164 valence electrons. The zero-order valence-corrected chi connectivity index (χ0v) is 18.6. The summed E-state index contributed by atoms with van der Waals surface area (Å²) in [5, 5.41) is 21.7. The molecule has 3 aromatic rings. The van der Waals surface area contributed by atoms with Gasteiger partial charge in [0, 0.05) is 25.3 Å². The summed E-state index contributed by atoms with van der Waals surface area (Å²) in [5.41, 5.74) is 3.12. The number of benzene rings is 2. The Morgan fingerprint density at radius 3 is 2.69 bits per heavy atom. The molecular formula is C23H24N6O2S. The highest BCUT2D eigenvalue weighted by molar-refractivity contribution is 7.99. The topological polar surface area (TPSA) is 96.1 Å². The van der Waals surface area contributed by atoms with Crippen molar-refractivity contribution in [2.24, 2.45) is 0 Å². The number of aryl methyl sites for hydroxylation is 1. The van der Waals surface area contributed by atoms with E-state index in [1.165, 1.54) is 11.8 Å². The minimum atomic E-state index is -0.143. The number of hydrogen-bond donors (Lipinski definition) is 1. The van der Waals surface area contributed by atoms with Crippen molar-refractivity contribution in [1.82, 2.24) is 14.8 Å². The Bertz CT molecular complexity index is 1130. The zero-order chi connectivity index (χ0) is 22.3. The fraction of sp³-hybridized carbons (Fsp3) is 0.304. The molecule has 32 heavy (non-hydrogen) atoms. The van der Waals surface area contributed by atoms with Gasteiger partial charge in [0.05, 0.1) is 30.2 Å². The maximum Gasteiger partial charge on any atom is 0.232 e. The number of aromatic nitrogens is 3. The van der Waals surface area contributed by atoms with Crippen LogP contribution in [0.25, 0.3) is 5.69 Å². The Labute approximate surface area is 191 Å². The van der Waals surface area contributed by atoms with Crippen molar-refractivity contribution in [3.63, 3.8) is 0 Å². The van der Waals surface area contributed by atoms with Crippen LogP contribution in [0.15, 0.2) is 53.7 Å². The number of hydrogen-bond acceptors (Lipinski definition) is 7. The number of nitriles is 1. The fourth-order valence-corrected chi connectivity index (χ4v) is 4.36. The number of rotatable bonds is 7. The Morgan fingerprint density at radius 1 is 1.16 bits per heavy atom. The van der Waals surface area contributed by atoms with E-state index in [0.717, 1.165) is 35.4 Å². The van der Waals surface area contributed by atoms with Gasteiger partial charge in [0.2, 0.25) is 11.9 Å². The number of thioether (sulfide) groups is 1. The van der Waals surface area contributed by atoms with Gasteiger partial charge in [-0.25, -0.2) is 0 Å². The molecule has 1 aromatic heterocycles. The maximum absolute atomic E-state index is 12.4. The highest BCUT2D eigenvalue weighted by atomic mass is 32.2. The van der Waals surface area contributed by atoms with E-state index < -0.39 is 0 Å². The lowest BCUT2D eigenvalue weighted by molar-refractivity contribution is -0.115. The lowest BCUT2D eigenvalue weighted by Gasteiger charge is -2.28. The van der Waals surface area contributed by atoms with E-state index in [2.05, 4.69) is 50.1 Å². The van der Waals surface area contributed by atoms with Crippen molar-refractivity contribution in [3.05, 3.63) is 59.7 Å². The number of carbonyl (C=O) groups excluding carboxylic acids is 1. The molecular weight excluding hydrogens is 424 g/mol. The summed E-state index contributed by atoms with van der Waals surface area (Å²) in [6.07, 6.45) is 0.290. The van der Waals surface area contributed by atoms with Crippen molar-refractivity contribution in [2.45, 2.75) is 18.5 Å². The molecule has 0 spiro atoms. The summed E-state index contributed by atoms with van der Waals surface area (Å²) in [5.74, 6) is 1.18. The van der Waals surface area contributed by atoms with Crippen LogP contribution >= 0.6 is 11.8 Å². The SMILES string of the molecule is Cc1ccccc1-n1c(SCCC(=O)Nc2ccccc2C#N)nnc1N1CCOCC1. The van der Waals surface area contributed by atoms with E-state index >= 15 is 0 Å². The zero-order valence-electron chi connectivity index (χ0n) is 17.8. The standard InChI is InChI=1S/C23H24N6O2S/c1-17-6-2-5-9-20(17)29-22(28-11-13-31-14-12-28)26-27-23(29)32-15-10-21(30)25-19-8-4-3-7-18(19)16-24/h2-9H,10-15H2,1H3,(H,25,30). The second-order valence-electron chi connectivity index (χ2n) is 7.31. The van der Waals surface area contributed by atoms with Gasteiger partial charge < -0.3 is 15.0 Å². The minimum absolute atomic E-state index is 0.143. The molecule has 1 amide bonds. The summed E-state index contributed by atoms with van der Waals surface area (Å²) in [6.45, 7) is 4.90. The molecule has 0 atom stereocenters. The first-order valence-electron chi connectivity index (χ1n) is 10.4. The van der Waals surface area contributed by atoms with Gasteiger partial charge in [-0.05, 0) is 30.7 Å². The molecule has 1 aliphatic rings. The van der Waals surface area contributed by atoms with Crippen molar-refractivity contribution < 1.29 is 9.53 Å². The fourth-order valence-electron chi connectivity index (χ4n) is 3.49.